The van der Waals surface area contributed by atoms with Gasteiger partial charge in [-0.1, -0.05) is 16.8 Å². The molecule has 0 saturated carbocycles. The molecule has 0 amide bonds. The molecule has 0 N–H and O–H groups in total. The first-order valence-corrected chi connectivity index (χ1v) is 7.43. The molecule has 2 aromatic rings. The zero-order valence-corrected chi connectivity index (χ0v) is 13.6. The Hall–Kier alpha value is -1.79. The average molecular weight is 324 g/mol. The van der Waals surface area contributed by atoms with Crippen LogP contribution in [0.4, 0.5) is 5.69 Å². The largest absolute Gasteiger partial charge is 0.490 e. The minimum Gasteiger partial charge on any atom is -0.490 e. The molecule has 118 valence electrons. The molecule has 7 heteroatoms. The second-order valence-corrected chi connectivity index (χ2v) is 6.04. The summed E-state index contributed by atoms with van der Waals surface area (Å²) in [7, 11) is 1.62. The molecule has 1 aromatic carbocycles. The Kier molecular flexibility index (Phi) is 3.97. The van der Waals surface area contributed by atoms with Crippen LogP contribution in [-0.2, 0) is 16.9 Å². The van der Waals surface area contributed by atoms with E-state index < -0.39 is 5.60 Å². The van der Waals surface area contributed by atoms with Gasteiger partial charge in [0.1, 0.15) is 18.0 Å². The number of halogens is 1. The zero-order chi connectivity index (χ0) is 15.7. The Labute approximate surface area is 134 Å². The molecule has 0 radical (unpaired) electrons. The first-order chi connectivity index (χ1) is 10.5. The molecular weight excluding hydrogens is 306 g/mol. The zero-order valence-electron chi connectivity index (χ0n) is 12.8. The van der Waals surface area contributed by atoms with E-state index in [0.717, 1.165) is 18.0 Å². The number of rotatable bonds is 4. The van der Waals surface area contributed by atoms with Crippen molar-refractivity contribution in [2.45, 2.75) is 26.0 Å². The number of fused-ring (bicyclic) bond motifs is 1. The number of benzene rings is 1. The molecule has 0 spiro atoms. The lowest BCUT2D eigenvalue weighted by atomic mass is 10.1. The van der Waals surface area contributed by atoms with Crippen molar-refractivity contribution in [2.24, 2.45) is 0 Å². The van der Waals surface area contributed by atoms with E-state index in [2.05, 4.69) is 15.0 Å². The Bertz CT molecular complexity index is 672. The van der Waals surface area contributed by atoms with Crippen LogP contribution < -0.4 is 9.64 Å². The summed E-state index contributed by atoms with van der Waals surface area (Å²) in [6.07, 6.45) is 0. The van der Waals surface area contributed by atoms with Gasteiger partial charge >= 0.3 is 0 Å². The van der Waals surface area contributed by atoms with E-state index in [-0.39, 0.29) is 0 Å². The summed E-state index contributed by atoms with van der Waals surface area (Å²) in [5.74, 6) is 1.88. The highest BCUT2D eigenvalue weighted by molar-refractivity contribution is 6.30. The topological polar surface area (TPSA) is 60.6 Å². The first kappa shape index (κ1) is 15.1. The van der Waals surface area contributed by atoms with Crippen LogP contribution in [0.1, 0.15) is 25.6 Å². The number of methoxy groups -OCH3 is 1. The van der Waals surface area contributed by atoms with Gasteiger partial charge in [0, 0.05) is 12.1 Å². The first-order valence-electron chi connectivity index (χ1n) is 7.05. The van der Waals surface area contributed by atoms with Gasteiger partial charge in [0.05, 0.1) is 18.8 Å². The molecule has 1 aromatic heterocycles. The number of hydrogen-bond acceptors (Lipinski definition) is 6. The maximum atomic E-state index is 6.08. The molecule has 6 nitrogen and oxygen atoms in total. The second kappa shape index (κ2) is 5.78. The second-order valence-electron chi connectivity index (χ2n) is 5.61. The Morgan fingerprint density at radius 3 is 3.00 bits per heavy atom. The van der Waals surface area contributed by atoms with E-state index in [1.54, 1.807) is 7.11 Å². The SMILES string of the molecule is COC(C)(C)c1noc(CN2CCOc3ccc(Cl)cc32)n1. The van der Waals surface area contributed by atoms with Gasteiger partial charge in [-0.3, -0.25) is 0 Å². The summed E-state index contributed by atoms with van der Waals surface area (Å²) in [5, 5.41) is 4.67. The van der Waals surface area contributed by atoms with E-state index in [1.165, 1.54) is 0 Å². The van der Waals surface area contributed by atoms with Gasteiger partial charge in [0.25, 0.3) is 0 Å². The predicted molar refractivity (Wildman–Crippen MR) is 82.3 cm³/mol. The number of nitrogens with zero attached hydrogens (tertiary/aromatic N) is 3. The highest BCUT2D eigenvalue weighted by Gasteiger charge is 2.27. The minimum absolute atomic E-state index is 0.503. The van der Waals surface area contributed by atoms with Crippen molar-refractivity contribution in [1.82, 2.24) is 10.1 Å². The van der Waals surface area contributed by atoms with Crippen LogP contribution in [0.3, 0.4) is 0 Å². The van der Waals surface area contributed by atoms with Gasteiger partial charge in [-0.05, 0) is 32.0 Å². The van der Waals surface area contributed by atoms with E-state index in [4.69, 9.17) is 25.6 Å². The van der Waals surface area contributed by atoms with Gasteiger partial charge in [0.15, 0.2) is 0 Å². The predicted octanol–water partition coefficient (Wildman–Crippen LogP) is 3.00. The summed E-state index contributed by atoms with van der Waals surface area (Å²) in [6.45, 7) is 5.64. The average Bonchev–Trinajstić information content (AvgIpc) is 2.97. The highest BCUT2D eigenvalue weighted by Crippen LogP contribution is 2.34. The van der Waals surface area contributed by atoms with Crippen LogP contribution in [-0.4, -0.2) is 30.4 Å². The maximum Gasteiger partial charge on any atom is 0.246 e. The normalized spacial score (nSPS) is 14.6. The van der Waals surface area contributed by atoms with Gasteiger partial charge in [-0.2, -0.15) is 4.98 Å². The molecule has 0 unspecified atom stereocenters. The summed E-state index contributed by atoms with van der Waals surface area (Å²) in [6, 6.07) is 5.57. The van der Waals surface area contributed by atoms with Crippen LogP contribution in [0, 0.1) is 0 Å². The van der Waals surface area contributed by atoms with Crippen LogP contribution >= 0.6 is 11.6 Å². The van der Waals surface area contributed by atoms with Crippen molar-refractivity contribution in [1.29, 1.82) is 0 Å². The molecular formula is C15H18ClN3O3. The molecule has 1 aliphatic heterocycles. The third kappa shape index (κ3) is 2.89. The van der Waals surface area contributed by atoms with Gasteiger partial charge in [-0.15, -0.1) is 0 Å². The lowest BCUT2D eigenvalue weighted by Gasteiger charge is -2.30. The van der Waals surface area contributed by atoms with Crippen LogP contribution in [0.15, 0.2) is 22.7 Å². The summed E-state index contributed by atoms with van der Waals surface area (Å²) in [4.78, 5) is 6.54. The van der Waals surface area contributed by atoms with Crippen LogP contribution in [0.25, 0.3) is 0 Å². The van der Waals surface area contributed by atoms with Gasteiger partial charge in [0.2, 0.25) is 11.7 Å². The Morgan fingerprint density at radius 1 is 1.41 bits per heavy atom. The maximum absolute atomic E-state index is 6.08. The smallest absolute Gasteiger partial charge is 0.246 e. The summed E-state index contributed by atoms with van der Waals surface area (Å²) >= 11 is 6.08. The molecule has 2 heterocycles. The fraction of sp³-hybridized carbons (Fsp3) is 0.467. The third-order valence-electron chi connectivity index (χ3n) is 3.72. The van der Waals surface area contributed by atoms with E-state index in [1.807, 2.05) is 32.0 Å². The molecule has 0 bridgehead atoms. The van der Waals surface area contributed by atoms with E-state index in [0.29, 0.717) is 29.9 Å². The van der Waals surface area contributed by atoms with Crippen molar-refractivity contribution in [2.75, 3.05) is 25.2 Å². The third-order valence-corrected chi connectivity index (χ3v) is 3.96. The number of anilines is 1. The van der Waals surface area contributed by atoms with Crippen molar-refractivity contribution in [3.05, 3.63) is 34.9 Å². The molecule has 0 saturated heterocycles. The minimum atomic E-state index is -0.575. The van der Waals surface area contributed by atoms with Crippen LogP contribution in [0.5, 0.6) is 5.75 Å². The Morgan fingerprint density at radius 2 is 2.23 bits per heavy atom. The monoisotopic (exact) mass is 323 g/mol. The Balaban J connectivity index is 1.82. The molecule has 0 atom stereocenters. The molecule has 22 heavy (non-hydrogen) atoms. The van der Waals surface area contributed by atoms with Gasteiger partial charge < -0.3 is 18.9 Å². The van der Waals surface area contributed by atoms with Crippen molar-refractivity contribution in [3.63, 3.8) is 0 Å². The molecule has 0 fully saturated rings. The fourth-order valence-electron chi connectivity index (χ4n) is 2.23. The molecule has 1 aliphatic rings. The van der Waals surface area contributed by atoms with E-state index in [9.17, 15) is 0 Å². The van der Waals surface area contributed by atoms with Crippen molar-refractivity contribution < 1.29 is 14.0 Å². The fourth-order valence-corrected chi connectivity index (χ4v) is 2.39. The molecule has 0 aliphatic carbocycles. The summed E-state index contributed by atoms with van der Waals surface area (Å²) in [5.41, 5.74) is 0.359. The van der Waals surface area contributed by atoms with E-state index >= 15 is 0 Å². The van der Waals surface area contributed by atoms with Crippen molar-refractivity contribution in [3.8, 4) is 5.75 Å². The number of ether oxygens (including phenoxy) is 2. The lowest BCUT2D eigenvalue weighted by Crippen LogP contribution is -2.32. The van der Waals surface area contributed by atoms with Crippen LogP contribution in [0.2, 0.25) is 5.02 Å². The number of aromatic nitrogens is 2. The quantitative estimate of drug-likeness (QED) is 0.862. The standard InChI is InChI=1S/C15H18ClN3O3/c1-15(2,20-3)14-17-13(22-18-14)9-19-6-7-21-12-5-4-10(16)8-11(12)19/h4-5,8H,6-7,9H2,1-3H3. The number of hydrogen-bond donors (Lipinski definition) is 0. The molecule has 3 rings (SSSR count). The highest BCUT2D eigenvalue weighted by atomic mass is 35.5. The lowest BCUT2D eigenvalue weighted by molar-refractivity contribution is 0.00973. The summed E-state index contributed by atoms with van der Waals surface area (Å²) < 4.78 is 16.3. The van der Waals surface area contributed by atoms with Crippen molar-refractivity contribution >= 4 is 17.3 Å². The van der Waals surface area contributed by atoms with Gasteiger partial charge in [-0.25, -0.2) is 0 Å².